The van der Waals surface area contributed by atoms with E-state index in [4.69, 9.17) is 22.1 Å². The zero-order valence-corrected chi connectivity index (χ0v) is 9.55. The van der Waals surface area contributed by atoms with Crippen LogP contribution in [0.1, 0.15) is 0 Å². The lowest BCUT2D eigenvalue weighted by Gasteiger charge is -2.10. The topological polar surface area (TPSA) is 84.2 Å². The van der Waals surface area contributed by atoms with Gasteiger partial charge < -0.3 is 15.6 Å². The highest BCUT2D eigenvalue weighted by Crippen LogP contribution is 2.43. The van der Waals surface area contributed by atoms with Crippen molar-refractivity contribution in [2.24, 2.45) is 0 Å². The largest absolute Gasteiger partial charge is 0.504 e. The Balaban J connectivity index is 2.72. The van der Waals surface area contributed by atoms with Crippen molar-refractivity contribution >= 4 is 17.4 Å². The second-order valence-corrected chi connectivity index (χ2v) is 3.71. The fourth-order valence-electron chi connectivity index (χ4n) is 1.50. The van der Waals surface area contributed by atoms with Gasteiger partial charge >= 0.3 is 0 Å². The van der Waals surface area contributed by atoms with Crippen molar-refractivity contribution < 1.29 is 14.2 Å². The fraction of sp³-hybridized carbons (Fsp3) is 0.100. The maximum atomic E-state index is 13.5. The molecule has 2 aromatic rings. The lowest BCUT2D eigenvalue weighted by Crippen LogP contribution is -1.94. The first-order valence-electron chi connectivity index (χ1n) is 4.60. The zero-order chi connectivity index (χ0) is 12.6. The van der Waals surface area contributed by atoms with Gasteiger partial charge in [-0.3, -0.25) is 5.10 Å². The highest BCUT2D eigenvalue weighted by Gasteiger charge is 2.20. The number of hydrogen-bond donors (Lipinski definition) is 3. The van der Waals surface area contributed by atoms with E-state index in [9.17, 15) is 9.50 Å². The number of hydrogen-bond acceptors (Lipinski definition) is 4. The van der Waals surface area contributed by atoms with Crippen molar-refractivity contribution in [3.8, 4) is 22.6 Å². The van der Waals surface area contributed by atoms with Gasteiger partial charge in [0.25, 0.3) is 0 Å². The smallest absolute Gasteiger partial charge is 0.198 e. The Morgan fingerprint density at radius 1 is 1.53 bits per heavy atom. The molecule has 0 saturated carbocycles. The fourth-order valence-corrected chi connectivity index (χ4v) is 1.69. The van der Waals surface area contributed by atoms with Crippen LogP contribution in [0.15, 0.2) is 12.3 Å². The van der Waals surface area contributed by atoms with E-state index in [0.29, 0.717) is 5.56 Å². The summed E-state index contributed by atoms with van der Waals surface area (Å²) in [5, 5.41) is 15.9. The molecule has 0 aliphatic carbocycles. The first-order chi connectivity index (χ1) is 8.06. The molecule has 4 N–H and O–H groups in total. The summed E-state index contributed by atoms with van der Waals surface area (Å²) in [6, 6.07) is 1.26. The quantitative estimate of drug-likeness (QED) is 0.770. The number of anilines is 1. The van der Waals surface area contributed by atoms with Crippen molar-refractivity contribution in [2.45, 2.75) is 0 Å². The predicted molar refractivity (Wildman–Crippen MR) is 61.6 cm³/mol. The predicted octanol–water partition coefficient (Wildman–Crippen LogP) is 2.17. The number of aromatic nitrogens is 2. The van der Waals surface area contributed by atoms with Gasteiger partial charge in [-0.2, -0.15) is 5.10 Å². The van der Waals surface area contributed by atoms with Gasteiger partial charge in [-0.1, -0.05) is 11.6 Å². The van der Waals surface area contributed by atoms with Gasteiger partial charge in [-0.25, -0.2) is 4.39 Å². The average molecular weight is 258 g/mol. The SMILES string of the molecule is COc1c(O)c(-c2cn[nH]c2N)cc(Cl)c1F. The lowest BCUT2D eigenvalue weighted by atomic mass is 10.1. The van der Waals surface area contributed by atoms with Gasteiger partial charge in [-0.15, -0.1) is 0 Å². The van der Waals surface area contributed by atoms with E-state index in [1.807, 2.05) is 0 Å². The number of nitrogens with two attached hydrogens (primary N) is 1. The van der Waals surface area contributed by atoms with Crippen molar-refractivity contribution in [3.05, 3.63) is 23.1 Å². The monoisotopic (exact) mass is 257 g/mol. The highest BCUT2D eigenvalue weighted by atomic mass is 35.5. The molecule has 0 radical (unpaired) electrons. The molecule has 0 amide bonds. The molecule has 1 aromatic heterocycles. The molecular formula is C10H9ClFN3O2. The molecule has 1 heterocycles. The van der Waals surface area contributed by atoms with Gasteiger partial charge in [0.1, 0.15) is 5.82 Å². The summed E-state index contributed by atoms with van der Waals surface area (Å²) < 4.78 is 18.3. The summed E-state index contributed by atoms with van der Waals surface area (Å²) in [6.45, 7) is 0. The van der Waals surface area contributed by atoms with Gasteiger partial charge in [-0.05, 0) is 6.07 Å². The second-order valence-electron chi connectivity index (χ2n) is 3.30. The number of nitrogens with one attached hydrogen (secondary N) is 1. The molecule has 0 fully saturated rings. The number of phenols is 1. The Kier molecular flexibility index (Phi) is 2.81. The number of aromatic hydroxyl groups is 1. The average Bonchev–Trinajstić information content (AvgIpc) is 2.71. The lowest BCUT2D eigenvalue weighted by molar-refractivity contribution is 0.352. The van der Waals surface area contributed by atoms with Gasteiger partial charge in [0.15, 0.2) is 17.3 Å². The summed E-state index contributed by atoms with van der Waals surface area (Å²) in [7, 11) is 1.23. The third kappa shape index (κ3) is 1.76. The Morgan fingerprint density at radius 3 is 2.76 bits per heavy atom. The molecule has 17 heavy (non-hydrogen) atoms. The summed E-state index contributed by atoms with van der Waals surface area (Å²) in [5.41, 5.74) is 6.28. The van der Waals surface area contributed by atoms with Crippen LogP contribution in [0.25, 0.3) is 11.1 Å². The van der Waals surface area contributed by atoms with Crippen LogP contribution in [0.3, 0.4) is 0 Å². The van der Waals surface area contributed by atoms with E-state index in [1.165, 1.54) is 19.4 Å². The summed E-state index contributed by atoms with van der Waals surface area (Å²) in [6.07, 6.45) is 1.40. The van der Waals surface area contributed by atoms with Crippen LogP contribution in [0.5, 0.6) is 11.5 Å². The minimum atomic E-state index is -0.822. The van der Waals surface area contributed by atoms with Crippen molar-refractivity contribution in [1.29, 1.82) is 0 Å². The molecule has 0 spiro atoms. The van der Waals surface area contributed by atoms with Crippen molar-refractivity contribution in [1.82, 2.24) is 10.2 Å². The van der Waals surface area contributed by atoms with E-state index >= 15 is 0 Å². The van der Waals surface area contributed by atoms with E-state index < -0.39 is 5.82 Å². The molecule has 1 aromatic carbocycles. The van der Waals surface area contributed by atoms with Crippen molar-refractivity contribution in [3.63, 3.8) is 0 Å². The minimum Gasteiger partial charge on any atom is -0.504 e. The molecule has 0 unspecified atom stereocenters. The second kappa shape index (κ2) is 4.14. The molecule has 5 nitrogen and oxygen atoms in total. The third-order valence-electron chi connectivity index (χ3n) is 2.31. The molecule has 0 saturated heterocycles. The first-order valence-corrected chi connectivity index (χ1v) is 4.98. The normalized spacial score (nSPS) is 10.5. The Hall–Kier alpha value is -1.95. The third-order valence-corrected chi connectivity index (χ3v) is 2.59. The number of rotatable bonds is 2. The Morgan fingerprint density at radius 2 is 2.24 bits per heavy atom. The number of nitrogen functional groups attached to an aromatic ring is 1. The minimum absolute atomic E-state index is 0.171. The molecular weight excluding hydrogens is 249 g/mol. The highest BCUT2D eigenvalue weighted by molar-refractivity contribution is 6.31. The van der Waals surface area contributed by atoms with E-state index in [0.717, 1.165) is 0 Å². The van der Waals surface area contributed by atoms with Crippen LogP contribution in [-0.2, 0) is 0 Å². The van der Waals surface area contributed by atoms with Gasteiger partial charge in [0, 0.05) is 11.1 Å². The number of phenolic OH excluding ortho intramolecular Hbond substituents is 1. The molecule has 2 rings (SSSR count). The summed E-state index contributed by atoms with van der Waals surface area (Å²) >= 11 is 5.70. The van der Waals surface area contributed by atoms with E-state index in [2.05, 4.69) is 10.2 Å². The zero-order valence-electron chi connectivity index (χ0n) is 8.79. The van der Waals surface area contributed by atoms with Gasteiger partial charge in [0.05, 0.1) is 18.3 Å². The first kappa shape index (κ1) is 11.5. The maximum absolute atomic E-state index is 13.5. The van der Waals surface area contributed by atoms with E-state index in [1.54, 1.807) is 0 Å². The van der Waals surface area contributed by atoms with Crippen LogP contribution in [0, 0.1) is 5.82 Å². The Bertz CT molecular complexity index is 571. The van der Waals surface area contributed by atoms with Gasteiger partial charge in [0.2, 0.25) is 0 Å². The molecule has 0 atom stereocenters. The van der Waals surface area contributed by atoms with Crippen LogP contribution in [0.2, 0.25) is 5.02 Å². The molecule has 0 aliphatic rings. The number of aromatic amines is 1. The number of H-pyrrole nitrogens is 1. The van der Waals surface area contributed by atoms with Crippen molar-refractivity contribution in [2.75, 3.05) is 12.8 Å². The van der Waals surface area contributed by atoms with E-state index in [-0.39, 0.29) is 27.9 Å². The summed E-state index contributed by atoms with van der Waals surface area (Å²) in [4.78, 5) is 0. The maximum Gasteiger partial charge on any atom is 0.198 e. The molecule has 0 aliphatic heterocycles. The number of benzene rings is 1. The number of nitrogens with zero attached hydrogens (tertiary/aromatic N) is 1. The standard InChI is InChI=1S/C10H9ClFN3O2/c1-17-9-7(12)6(11)2-4(8(9)16)5-3-14-15-10(5)13/h2-3,16H,1H3,(H3,13,14,15). The molecule has 90 valence electrons. The van der Waals surface area contributed by atoms with Crippen LogP contribution in [-0.4, -0.2) is 22.4 Å². The van der Waals surface area contributed by atoms with Crippen LogP contribution < -0.4 is 10.5 Å². The number of halogens is 2. The number of methoxy groups -OCH3 is 1. The molecule has 7 heteroatoms. The summed E-state index contributed by atoms with van der Waals surface area (Å²) in [5.74, 6) is -1.28. The molecule has 0 bridgehead atoms. The number of ether oxygens (including phenoxy) is 1. The van der Waals surface area contributed by atoms with Crippen LogP contribution in [0.4, 0.5) is 10.2 Å². The van der Waals surface area contributed by atoms with Crippen LogP contribution >= 0.6 is 11.6 Å². The Labute approximate surface area is 101 Å².